The van der Waals surface area contributed by atoms with E-state index in [1.165, 1.54) is 19.3 Å². The first-order valence-electron chi connectivity index (χ1n) is 8.24. The Morgan fingerprint density at radius 1 is 1.10 bits per heavy atom. The number of nitrogens with two attached hydrogens (primary N) is 1. The SMILES string of the molecule is CCCCC(CC)COC(c1ccc(Cl)cc1)C(N)CC. The number of ether oxygens (including phenoxy) is 1. The van der Waals surface area contributed by atoms with E-state index in [0.717, 1.165) is 30.0 Å². The predicted octanol–water partition coefficient (Wildman–Crippen LogP) is 5.35. The van der Waals surface area contributed by atoms with Crippen molar-refractivity contribution >= 4 is 11.6 Å². The van der Waals surface area contributed by atoms with Crippen LogP contribution in [0.15, 0.2) is 24.3 Å². The van der Waals surface area contributed by atoms with Crippen LogP contribution in [0.1, 0.15) is 64.5 Å². The Morgan fingerprint density at radius 2 is 1.76 bits per heavy atom. The van der Waals surface area contributed by atoms with E-state index in [1.54, 1.807) is 0 Å². The lowest BCUT2D eigenvalue weighted by Gasteiger charge is -2.26. The molecule has 0 aliphatic rings. The van der Waals surface area contributed by atoms with E-state index in [0.29, 0.717) is 5.92 Å². The van der Waals surface area contributed by atoms with Gasteiger partial charge in [-0.3, -0.25) is 0 Å². The number of rotatable bonds is 10. The zero-order chi connectivity index (χ0) is 15.7. The smallest absolute Gasteiger partial charge is 0.0975 e. The lowest BCUT2D eigenvalue weighted by atomic mass is 9.98. The van der Waals surface area contributed by atoms with E-state index < -0.39 is 0 Å². The lowest BCUT2D eigenvalue weighted by molar-refractivity contribution is 0.00873. The van der Waals surface area contributed by atoms with Gasteiger partial charge < -0.3 is 10.5 Å². The van der Waals surface area contributed by atoms with Crippen molar-refractivity contribution in [1.82, 2.24) is 0 Å². The van der Waals surface area contributed by atoms with Gasteiger partial charge in [-0.05, 0) is 36.5 Å². The second-order valence-electron chi connectivity index (χ2n) is 5.79. The molecule has 1 aromatic carbocycles. The van der Waals surface area contributed by atoms with Crippen LogP contribution in [-0.4, -0.2) is 12.6 Å². The highest BCUT2D eigenvalue weighted by molar-refractivity contribution is 6.30. The summed E-state index contributed by atoms with van der Waals surface area (Å²) in [6.07, 6.45) is 5.77. The minimum Gasteiger partial charge on any atom is -0.372 e. The molecule has 0 aromatic heterocycles. The third-order valence-electron chi connectivity index (χ3n) is 4.11. The molecule has 0 aliphatic carbocycles. The van der Waals surface area contributed by atoms with E-state index in [9.17, 15) is 0 Å². The summed E-state index contributed by atoms with van der Waals surface area (Å²) >= 11 is 5.96. The monoisotopic (exact) mass is 311 g/mol. The summed E-state index contributed by atoms with van der Waals surface area (Å²) in [5.74, 6) is 0.629. The summed E-state index contributed by atoms with van der Waals surface area (Å²) in [5.41, 5.74) is 7.38. The number of hydrogen-bond acceptors (Lipinski definition) is 2. The second-order valence-corrected chi connectivity index (χ2v) is 6.23. The maximum atomic E-state index is 6.26. The van der Waals surface area contributed by atoms with Crippen molar-refractivity contribution in [2.45, 2.75) is 65.0 Å². The molecule has 0 radical (unpaired) electrons. The van der Waals surface area contributed by atoms with Crippen molar-refractivity contribution in [2.75, 3.05) is 6.61 Å². The van der Waals surface area contributed by atoms with Gasteiger partial charge in [0.2, 0.25) is 0 Å². The van der Waals surface area contributed by atoms with Crippen LogP contribution >= 0.6 is 11.6 Å². The summed E-state index contributed by atoms with van der Waals surface area (Å²) < 4.78 is 6.20. The van der Waals surface area contributed by atoms with Crippen LogP contribution in [0.4, 0.5) is 0 Å². The molecule has 0 aliphatic heterocycles. The van der Waals surface area contributed by atoms with E-state index in [4.69, 9.17) is 22.1 Å². The fraction of sp³-hybridized carbons (Fsp3) is 0.667. The van der Waals surface area contributed by atoms with Crippen molar-refractivity contribution in [3.8, 4) is 0 Å². The molecular weight excluding hydrogens is 282 g/mol. The Bertz CT molecular complexity index is 379. The third kappa shape index (κ3) is 6.37. The molecule has 2 nitrogen and oxygen atoms in total. The number of halogens is 1. The molecule has 120 valence electrons. The average molecular weight is 312 g/mol. The highest BCUT2D eigenvalue weighted by Gasteiger charge is 2.20. The van der Waals surface area contributed by atoms with Gasteiger partial charge in [0.05, 0.1) is 12.7 Å². The molecule has 0 fully saturated rings. The first kappa shape index (κ1) is 18.5. The van der Waals surface area contributed by atoms with Crippen molar-refractivity contribution in [2.24, 2.45) is 11.7 Å². The normalized spacial score (nSPS) is 15.7. The Morgan fingerprint density at radius 3 is 2.29 bits per heavy atom. The lowest BCUT2D eigenvalue weighted by Crippen LogP contribution is -2.30. The maximum absolute atomic E-state index is 6.26. The van der Waals surface area contributed by atoms with Crippen molar-refractivity contribution in [3.05, 3.63) is 34.9 Å². The zero-order valence-electron chi connectivity index (χ0n) is 13.6. The van der Waals surface area contributed by atoms with Gasteiger partial charge in [-0.2, -0.15) is 0 Å². The summed E-state index contributed by atoms with van der Waals surface area (Å²) in [4.78, 5) is 0. The third-order valence-corrected chi connectivity index (χ3v) is 4.37. The van der Waals surface area contributed by atoms with Crippen LogP contribution in [0.2, 0.25) is 5.02 Å². The largest absolute Gasteiger partial charge is 0.372 e. The first-order valence-corrected chi connectivity index (χ1v) is 8.62. The van der Waals surface area contributed by atoms with E-state index >= 15 is 0 Å². The first-order chi connectivity index (χ1) is 10.1. The molecule has 0 saturated heterocycles. The predicted molar refractivity (Wildman–Crippen MR) is 91.7 cm³/mol. The molecule has 0 heterocycles. The van der Waals surface area contributed by atoms with Gasteiger partial charge in [0.1, 0.15) is 0 Å². The van der Waals surface area contributed by atoms with Gasteiger partial charge in [0, 0.05) is 11.1 Å². The van der Waals surface area contributed by atoms with E-state index in [2.05, 4.69) is 20.8 Å². The Balaban J connectivity index is 2.68. The quantitative estimate of drug-likeness (QED) is 0.632. The van der Waals surface area contributed by atoms with Crippen molar-refractivity contribution in [3.63, 3.8) is 0 Å². The standard InChI is InChI=1S/C18H30ClNO/c1-4-7-8-14(5-2)13-21-18(17(20)6-3)15-9-11-16(19)12-10-15/h9-12,14,17-18H,4-8,13,20H2,1-3H3. The van der Waals surface area contributed by atoms with Gasteiger partial charge in [-0.1, -0.05) is 63.8 Å². The highest BCUT2D eigenvalue weighted by Crippen LogP contribution is 2.25. The molecule has 0 bridgehead atoms. The summed E-state index contributed by atoms with van der Waals surface area (Å²) in [5, 5.41) is 0.747. The minimum atomic E-state index is -0.0389. The maximum Gasteiger partial charge on any atom is 0.0975 e. The van der Waals surface area contributed by atoms with E-state index in [1.807, 2.05) is 24.3 Å². The summed E-state index contributed by atoms with van der Waals surface area (Å²) in [6, 6.07) is 7.88. The molecule has 0 spiro atoms. The fourth-order valence-corrected chi connectivity index (χ4v) is 2.60. The van der Waals surface area contributed by atoms with Crippen LogP contribution < -0.4 is 5.73 Å². The molecule has 0 saturated carbocycles. The molecular formula is C18H30ClNO. The van der Waals surface area contributed by atoms with Crippen LogP contribution in [0.25, 0.3) is 0 Å². The van der Waals surface area contributed by atoms with Gasteiger partial charge in [0.25, 0.3) is 0 Å². The molecule has 21 heavy (non-hydrogen) atoms. The number of hydrogen-bond donors (Lipinski definition) is 1. The summed E-state index contributed by atoms with van der Waals surface area (Å²) in [7, 11) is 0. The Kier molecular flexibility index (Phi) is 8.98. The summed E-state index contributed by atoms with van der Waals surface area (Å²) in [6.45, 7) is 7.36. The van der Waals surface area contributed by atoms with Gasteiger partial charge in [-0.15, -0.1) is 0 Å². The van der Waals surface area contributed by atoms with Gasteiger partial charge >= 0.3 is 0 Å². The molecule has 3 unspecified atom stereocenters. The number of benzene rings is 1. The van der Waals surface area contributed by atoms with Crippen LogP contribution in [0.3, 0.4) is 0 Å². The van der Waals surface area contributed by atoms with Crippen LogP contribution in [0.5, 0.6) is 0 Å². The topological polar surface area (TPSA) is 35.2 Å². The highest BCUT2D eigenvalue weighted by atomic mass is 35.5. The molecule has 1 rings (SSSR count). The minimum absolute atomic E-state index is 0.0230. The Labute approximate surface area is 135 Å². The van der Waals surface area contributed by atoms with Crippen LogP contribution in [0, 0.1) is 5.92 Å². The zero-order valence-corrected chi connectivity index (χ0v) is 14.4. The fourth-order valence-electron chi connectivity index (χ4n) is 2.47. The average Bonchev–Trinajstić information content (AvgIpc) is 2.51. The van der Waals surface area contributed by atoms with Gasteiger partial charge in [-0.25, -0.2) is 0 Å². The van der Waals surface area contributed by atoms with Crippen molar-refractivity contribution in [1.29, 1.82) is 0 Å². The van der Waals surface area contributed by atoms with Gasteiger partial charge in [0.15, 0.2) is 0 Å². The number of unbranched alkanes of at least 4 members (excludes halogenated alkanes) is 1. The molecule has 2 N–H and O–H groups in total. The van der Waals surface area contributed by atoms with Crippen LogP contribution in [-0.2, 0) is 4.74 Å². The second kappa shape index (κ2) is 10.2. The molecule has 3 atom stereocenters. The molecule has 3 heteroatoms. The molecule has 0 amide bonds. The molecule has 1 aromatic rings. The van der Waals surface area contributed by atoms with Crippen molar-refractivity contribution < 1.29 is 4.74 Å². The van der Waals surface area contributed by atoms with E-state index in [-0.39, 0.29) is 12.1 Å². The Hall–Kier alpha value is -0.570.